The third-order valence-electron chi connectivity index (χ3n) is 5.13. The first-order valence-electron chi connectivity index (χ1n) is 8.97. The van der Waals surface area contributed by atoms with E-state index in [1.807, 2.05) is 22.6 Å². The van der Waals surface area contributed by atoms with E-state index in [4.69, 9.17) is 4.74 Å². The summed E-state index contributed by atoms with van der Waals surface area (Å²) in [7, 11) is -3.82. The number of nitrogens with one attached hydrogen (secondary N) is 2. The number of aromatic nitrogens is 1. The lowest BCUT2D eigenvalue weighted by Crippen LogP contribution is -2.26. The van der Waals surface area contributed by atoms with Crippen LogP contribution in [0.2, 0.25) is 0 Å². The van der Waals surface area contributed by atoms with Crippen LogP contribution < -0.4 is 20.3 Å². The number of anilines is 3. The van der Waals surface area contributed by atoms with E-state index in [-0.39, 0.29) is 53.2 Å². The summed E-state index contributed by atoms with van der Waals surface area (Å²) in [5.41, 5.74) is 0.225. The van der Waals surface area contributed by atoms with Gasteiger partial charge in [-0.25, -0.2) is 12.8 Å². The molecule has 1 saturated carbocycles. The molecule has 1 aromatic heterocycles. The summed E-state index contributed by atoms with van der Waals surface area (Å²) in [4.78, 5) is 12.7. The van der Waals surface area contributed by atoms with Crippen LogP contribution in [0.3, 0.4) is 0 Å². The summed E-state index contributed by atoms with van der Waals surface area (Å²) in [5.74, 6) is -0.757. The van der Waals surface area contributed by atoms with Crippen LogP contribution in [0.25, 0.3) is 0 Å². The monoisotopic (exact) mass is 535 g/mol. The lowest BCUT2D eigenvalue weighted by Gasteiger charge is -2.19. The number of pyridine rings is 1. The SMILES string of the molecule is Cc1c(Nc2ccc(I)cc2F)c(NS(=O)(=O)C2CC2CO)c2n(c1=O)CCO2. The van der Waals surface area contributed by atoms with Gasteiger partial charge in [0.2, 0.25) is 15.9 Å². The van der Waals surface area contributed by atoms with Crippen LogP contribution in [0.4, 0.5) is 21.5 Å². The normalized spacial score (nSPS) is 20.1. The molecule has 2 heterocycles. The zero-order valence-corrected chi connectivity index (χ0v) is 18.4. The Morgan fingerprint density at radius 3 is 2.79 bits per heavy atom. The number of hydrogen-bond donors (Lipinski definition) is 3. The van der Waals surface area contributed by atoms with Gasteiger partial charge in [0.15, 0.2) is 0 Å². The molecular weight excluding hydrogens is 516 g/mol. The average molecular weight is 535 g/mol. The third-order valence-corrected chi connectivity index (χ3v) is 7.66. The van der Waals surface area contributed by atoms with Crippen molar-refractivity contribution in [3.05, 3.63) is 43.5 Å². The molecule has 4 rings (SSSR count). The fourth-order valence-electron chi connectivity index (χ4n) is 3.40. The Balaban J connectivity index is 1.82. The van der Waals surface area contributed by atoms with Gasteiger partial charge >= 0.3 is 0 Å². The van der Waals surface area contributed by atoms with Gasteiger partial charge in [-0.05, 0) is 54.1 Å². The third kappa shape index (κ3) is 3.70. The van der Waals surface area contributed by atoms with E-state index in [9.17, 15) is 22.7 Å². The molecule has 0 amide bonds. The Kier molecular flexibility index (Phi) is 5.23. The molecule has 156 valence electrons. The summed E-state index contributed by atoms with van der Waals surface area (Å²) >= 11 is 1.98. The van der Waals surface area contributed by atoms with Gasteiger partial charge in [0.1, 0.15) is 18.1 Å². The Bertz CT molecular complexity index is 1150. The predicted molar refractivity (Wildman–Crippen MR) is 115 cm³/mol. The summed E-state index contributed by atoms with van der Waals surface area (Å²) in [6.07, 6.45) is 0.356. The van der Waals surface area contributed by atoms with Gasteiger partial charge in [0.05, 0.1) is 23.2 Å². The van der Waals surface area contributed by atoms with E-state index in [0.717, 1.165) is 0 Å². The van der Waals surface area contributed by atoms with Crippen LogP contribution in [-0.2, 0) is 16.6 Å². The lowest BCUT2D eigenvalue weighted by molar-refractivity contribution is 0.277. The maximum absolute atomic E-state index is 14.4. The minimum absolute atomic E-state index is 0.0705. The highest BCUT2D eigenvalue weighted by Crippen LogP contribution is 2.42. The molecule has 1 aliphatic heterocycles. The molecule has 3 N–H and O–H groups in total. The molecule has 0 spiro atoms. The van der Waals surface area contributed by atoms with Gasteiger partial charge in [-0.2, -0.15) is 0 Å². The summed E-state index contributed by atoms with van der Waals surface area (Å²) in [6.45, 7) is 1.86. The topological polar surface area (TPSA) is 110 Å². The minimum atomic E-state index is -3.82. The van der Waals surface area contributed by atoms with Crippen LogP contribution in [-0.4, -0.2) is 36.6 Å². The average Bonchev–Trinajstić information content (AvgIpc) is 3.33. The van der Waals surface area contributed by atoms with Gasteiger partial charge in [-0.1, -0.05) is 0 Å². The highest BCUT2D eigenvalue weighted by Gasteiger charge is 2.47. The van der Waals surface area contributed by atoms with Crippen molar-refractivity contribution in [3.63, 3.8) is 0 Å². The first-order valence-corrected chi connectivity index (χ1v) is 11.6. The van der Waals surface area contributed by atoms with Crippen LogP contribution >= 0.6 is 22.6 Å². The van der Waals surface area contributed by atoms with E-state index in [1.165, 1.54) is 16.7 Å². The molecule has 2 atom stereocenters. The molecule has 29 heavy (non-hydrogen) atoms. The quantitative estimate of drug-likeness (QED) is 0.490. The van der Waals surface area contributed by atoms with Gasteiger partial charge in [-0.3, -0.25) is 14.1 Å². The standard InChI is InChI=1S/C18H19FIN3O5S/c1-9-15(21-13-3-2-11(20)7-12(13)19)16(18-23(17(9)25)4-5-28-18)22-29(26,27)14-6-10(14)8-24/h2-3,7,10,14,21-22,24H,4-6,8H2,1H3. The van der Waals surface area contributed by atoms with Crippen LogP contribution in [0.15, 0.2) is 23.0 Å². The van der Waals surface area contributed by atoms with Crippen LogP contribution in [0, 0.1) is 22.2 Å². The highest BCUT2D eigenvalue weighted by atomic mass is 127. The van der Waals surface area contributed by atoms with Crippen LogP contribution in [0.1, 0.15) is 12.0 Å². The number of benzene rings is 1. The Morgan fingerprint density at radius 2 is 2.14 bits per heavy atom. The largest absolute Gasteiger partial charge is 0.475 e. The molecule has 1 aliphatic carbocycles. The van der Waals surface area contributed by atoms with E-state index < -0.39 is 21.1 Å². The van der Waals surface area contributed by atoms with E-state index in [2.05, 4.69) is 10.0 Å². The molecular formula is C18H19FIN3O5S. The number of fused-ring (bicyclic) bond motifs is 1. The van der Waals surface area contributed by atoms with Gasteiger partial charge in [-0.15, -0.1) is 0 Å². The minimum Gasteiger partial charge on any atom is -0.475 e. The van der Waals surface area contributed by atoms with Crippen LogP contribution in [0.5, 0.6) is 5.88 Å². The first-order chi connectivity index (χ1) is 13.7. The summed E-state index contributed by atoms with van der Waals surface area (Å²) < 4.78 is 50.1. The molecule has 0 saturated heterocycles. The van der Waals surface area contributed by atoms with Gasteiger partial charge in [0, 0.05) is 21.7 Å². The second kappa shape index (κ2) is 7.43. The molecule has 0 bridgehead atoms. The fourth-order valence-corrected chi connectivity index (χ4v) is 5.58. The number of aliphatic hydroxyl groups excluding tert-OH is 1. The fraction of sp³-hybridized carbons (Fsp3) is 0.389. The second-order valence-corrected chi connectivity index (χ2v) is 10.2. The second-order valence-electron chi connectivity index (χ2n) is 7.10. The summed E-state index contributed by atoms with van der Waals surface area (Å²) in [6, 6.07) is 4.54. The molecule has 1 fully saturated rings. The number of ether oxygens (including phenoxy) is 1. The molecule has 0 radical (unpaired) electrons. The number of rotatable bonds is 6. The van der Waals surface area contributed by atoms with E-state index >= 15 is 0 Å². The first kappa shape index (κ1) is 20.4. The van der Waals surface area contributed by atoms with Crippen molar-refractivity contribution >= 4 is 49.7 Å². The van der Waals surface area contributed by atoms with Crippen molar-refractivity contribution in [2.75, 3.05) is 23.3 Å². The molecule has 2 aliphatic rings. The molecule has 2 aromatic rings. The molecule has 1 aromatic carbocycles. The number of nitrogens with zero attached hydrogens (tertiary/aromatic N) is 1. The lowest BCUT2D eigenvalue weighted by atomic mass is 10.2. The molecule has 8 nitrogen and oxygen atoms in total. The van der Waals surface area contributed by atoms with Crippen molar-refractivity contribution < 1.29 is 22.7 Å². The van der Waals surface area contributed by atoms with Gasteiger partial charge < -0.3 is 15.2 Å². The number of halogens is 2. The maximum Gasteiger partial charge on any atom is 0.258 e. The van der Waals surface area contributed by atoms with Crippen molar-refractivity contribution in [2.24, 2.45) is 5.92 Å². The van der Waals surface area contributed by atoms with Crippen molar-refractivity contribution in [1.29, 1.82) is 0 Å². The van der Waals surface area contributed by atoms with Crippen molar-refractivity contribution in [2.45, 2.75) is 25.1 Å². The molecule has 2 unspecified atom stereocenters. The zero-order chi connectivity index (χ0) is 20.9. The smallest absolute Gasteiger partial charge is 0.258 e. The predicted octanol–water partition coefficient (Wildman–Crippen LogP) is 2.16. The van der Waals surface area contributed by atoms with Crippen molar-refractivity contribution in [1.82, 2.24) is 4.57 Å². The summed E-state index contributed by atoms with van der Waals surface area (Å²) in [5, 5.41) is 11.4. The Morgan fingerprint density at radius 1 is 1.38 bits per heavy atom. The maximum atomic E-state index is 14.4. The molecule has 11 heteroatoms. The number of hydrogen-bond acceptors (Lipinski definition) is 6. The van der Waals surface area contributed by atoms with Gasteiger partial charge in [0.25, 0.3) is 5.56 Å². The number of sulfonamides is 1. The Hall–Kier alpha value is -1.86. The zero-order valence-electron chi connectivity index (χ0n) is 15.4. The van der Waals surface area contributed by atoms with E-state index in [1.54, 1.807) is 13.0 Å². The van der Waals surface area contributed by atoms with E-state index in [0.29, 0.717) is 16.5 Å². The van der Waals surface area contributed by atoms with Crippen molar-refractivity contribution in [3.8, 4) is 5.88 Å². The highest BCUT2D eigenvalue weighted by molar-refractivity contribution is 14.1. The Labute approximate surface area is 180 Å². The number of aliphatic hydroxyl groups is 1.